The predicted molar refractivity (Wildman–Crippen MR) is 96.6 cm³/mol. The van der Waals surface area contributed by atoms with E-state index < -0.39 is 0 Å². The molecule has 1 amide bonds. The summed E-state index contributed by atoms with van der Waals surface area (Å²) >= 11 is 6.16. The van der Waals surface area contributed by atoms with Gasteiger partial charge in [0, 0.05) is 22.2 Å². The largest absolute Gasteiger partial charge is 0.309 e. The number of carbonyl (C=O) groups excluding carboxylic acids is 1. The topological polar surface area (TPSA) is 20.3 Å². The Hall–Kier alpha value is -1.02. The van der Waals surface area contributed by atoms with E-state index in [1.807, 2.05) is 43.0 Å². The SMILES string of the molecule is CCCC(CCC)N(C(=O)C(C)(C)CC)c1cccc(Cl)c1. The van der Waals surface area contributed by atoms with Crippen LogP contribution in [0.1, 0.15) is 66.7 Å². The van der Waals surface area contributed by atoms with Crippen molar-refractivity contribution in [2.45, 2.75) is 72.8 Å². The van der Waals surface area contributed by atoms with E-state index in [4.69, 9.17) is 11.6 Å². The highest BCUT2D eigenvalue weighted by Crippen LogP contribution is 2.32. The maximum absolute atomic E-state index is 13.2. The Kier molecular flexibility index (Phi) is 7.41. The summed E-state index contributed by atoms with van der Waals surface area (Å²) in [7, 11) is 0. The molecule has 0 saturated heterocycles. The maximum Gasteiger partial charge on any atom is 0.232 e. The first-order valence-electron chi connectivity index (χ1n) is 8.46. The van der Waals surface area contributed by atoms with Crippen LogP contribution in [-0.4, -0.2) is 11.9 Å². The van der Waals surface area contributed by atoms with Crippen LogP contribution < -0.4 is 4.90 Å². The van der Waals surface area contributed by atoms with E-state index in [0.29, 0.717) is 5.02 Å². The van der Waals surface area contributed by atoms with Crippen molar-refractivity contribution in [1.29, 1.82) is 0 Å². The summed E-state index contributed by atoms with van der Waals surface area (Å²) in [4.78, 5) is 15.2. The van der Waals surface area contributed by atoms with Crippen molar-refractivity contribution in [2.24, 2.45) is 5.41 Å². The Balaban J connectivity index is 3.27. The zero-order valence-corrected chi connectivity index (χ0v) is 15.4. The second kappa shape index (κ2) is 8.57. The van der Waals surface area contributed by atoms with Crippen molar-refractivity contribution in [3.63, 3.8) is 0 Å². The normalized spacial score (nSPS) is 11.8. The average Bonchev–Trinajstić information content (AvgIpc) is 2.48. The molecule has 0 aliphatic carbocycles. The Bertz CT molecular complexity index is 478. The van der Waals surface area contributed by atoms with Crippen LogP contribution in [0.3, 0.4) is 0 Å². The summed E-state index contributed by atoms with van der Waals surface area (Å²) in [6, 6.07) is 7.92. The Morgan fingerprint density at radius 1 is 1.18 bits per heavy atom. The Labute approximate surface area is 140 Å². The average molecular weight is 324 g/mol. The summed E-state index contributed by atoms with van der Waals surface area (Å²) in [5.41, 5.74) is 0.563. The lowest BCUT2D eigenvalue weighted by Crippen LogP contribution is -2.47. The number of benzene rings is 1. The first kappa shape index (κ1) is 19.0. The van der Waals surface area contributed by atoms with Crippen molar-refractivity contribution >= 4 is 23.2 Å². The van der Waals surface area contributed by atoms with Gasteiger partial charge in [-0.15, -0.1) is 0 Å². The summed E-state index contributed by atoms with van der Waals surface area (Å²) in [6.45, 7) is 10.5. The lowest BCUT2D eigenvalue weighted by atomic mass is 9.87. The van der Waals surface area contributed by atoms with E-state index >= 15 is 0 Å². The fraction of sp³-hybridized carbons (Fsp3) is 0.632. The van der Waals surface area contributed by atoms with Gasteiger partial charge >= 0.3 is 0 Å². The molecule has 0 spiro atoms. The molecular weight excluding hydrogens is 294 g/mol. The molecule has 0 fully saturated rings. The quantitative estimate of drug-likeness (QED) is 0.568. The number of nitrogens with zero attached hydrogens (tertiary/aromatic N) is 1. The molecule has 0 heterocycles. The van der Waals surface area contributed by atoms with Gasteiger partial charge in [-0.05, 0) is 37.5 Å². The smallest absolute Gasteiger partial charge is 0.232 e. The van der Waals surface area contributed by atoms with Crippen molar-refractivity contribution in [3.8, 4) is 0 Å². The first-order chi connectivity index (χ1) is 10.4. The van der Waals surface area contributed by atoms with Crippen LogP contribution in [-0.2, 0) is 4.79 Å². The van der Waals surface area contributed by atoms with Crippen LogP contribution in [0, 0.1) is 5.41 Å². The first-order valence-corrected chi connectivity index (χ1v) is 8.84. The number of hydrogen-bond acceptors (Lipinski definition) is 1. The molecule has 1 aromatic carbocycles. The third-order valence-electron chi connectivity index (χ3n) is 4.38. The fourth-order valence-corrected chi connectivity index (χ4v) is 2.85. The number of hydrogen-bond donors (Lipinski definition) is 0. The minimum atomic E-state index is -0.359. The Morgan fingerprint density at radius 2 is 1.77 bits per heavy atom. The van der Waals surface area contributed by atoms with E-state index in [1.54, 1.807) is 0 Å². The van der Waals surface area contributed by atoms with Gasteiger partial charge in [0.1, 0.15) is 0 Å². The zero-order valence-electron chi connectivity index (χ0n) is 14.7. The van der Waals surface area contributed by atoms with Crippen molar-refractivity contribution < 1.29 is 4.79 Å². The zero-order chi connectivity index (χ0) is 16.8. The highest BCUT2D eigenvalue weighted by molar-refractivity contribution is 6.30. The van der Waals surface area contributed by atoms with Gasteiger partial charge in [-0.1, -0.05) is 65.1 Å². The summed E-state index contributed by atoms with van der Waals surface area (Å²) in [6.07, 6.45) is 5.01. The van der Waals surface area contributed by atoms with E-state index in [2.05, 4.69) is 20.8 Å². The molecule has 0 N–H and O–H groups in total. The molecule has 22 heavy (non-hydrogen) atoms. The van der Waals surface area contributed by atoms with E-state index in [0.717, 1.165) is 37.8 Å². The summed E-state index contributed by atoms with van der Waals surface area (Å²) in [5, 5.41) is 0.677. The van der Waals surface area contributed by atoms with E-state index in [-0.39, 0.29) is 17.4 Å². The number of halogens is 1. The van der Waals surface area contributed by atoms with Crippen LogP contribution in [0.2, 0.25) is 5.02 Å². The Morgan fingerprint density at radius 3 is 2.23 bits per heavy atom. The molecule has 0 radical (unpaired) electrons. The van der Waals surface area contributed by atoms with Gasteiger partial charge in [0.15, 0.2) is 0 Å². The second-order valence-electron chi connectivity index (χ2n) is 6.62. The van der Waals surface area contributed by atoms with Gasteiger partial charge in [0.05, 0.1) is 0 Å². The van der Waals surface area contributed by atoms with Gasteiger partial charge in [0.2, 0.25) is 5.91 Å². The maximum atomic E-state index is 13.2. The van der Waals surface area contributed by atoms with Crippen LogP contribution in [0.4, 0.5) is 5.69 Å². The predicted octanol–water partition coefficient (Wildman–Crippen LogP) is 6.08. The molecular formula is C19H30ClNO. The third-order valence-corrected chi connectivity index (χ3v) is 4.61. The van der Waals surface area contributed by atoms with Gasteiger partial charge < -0.3 is 4.90 Å². The van der Waals surface area contributed by atoms with E-state index in [9.17, 15) is 4.79 Å². The van der Waals surface area contributed by atoms with Crippen molar-refractivity contribution in [3.05, 3.63) is 29.3 Å². The lowest BCUT2D eigenvalue weighted by Gasteiger charge is -2.37. The molecule has 0 saturated carbocycles. The third kappa shape index (κ3) is 4.74. The molecule has 0 bridgehead atoms. The molecule has 0 aliphatic rings. The highest BCUT2D eigenvalue weighted by Gasteiger charge is 2.34. The number of rotatable bonds is 8. The fourth-order valence-electron chi connectivity index (χ4n) is 2.67. The summed E-state index contributed by atoms with van der Waals surface area (Å²) < 4.78 is 0. The van der Waals surface area contributed by atoms with Crippen LogP contribution in [0.15, 0.2) is 24.3 Å². The van der Waals surface area contributed by atoms with E-state index in [1.165, 1.54) is 0 Å². The number of amides is 1. The second-order valence-corrected chi connectivity index (χ2v) is 7.06. The molecule has 1 rings (SSSR count). The molecule has 0 aromatic heterocycles. The number of anilines is 1. The van der Waals surface area contributed by atoms with Crippen LogP contribution >= 0.6 is 11.6 Å². The van der Waals surface area contributed by atoms with Gasteiger partial charge in [-0.3, -0.25) is 4.79 Å². The molecule has 0 aliphatic heterocycles. The van der Waals surface area contributed by atoms with Crippen LogP contribution in [0.25, 0.3) is 0 Å². The molecule has 124 valence electrons. The molecule has 2 nitrogen and oxygen atoms in total. The summed E-state index contributed by atoms with van der Waals surface area (Å²) in [5.74, 6) is 0.198. The molecule has 0 atom stereocenters. The lowest BCUT2D eigenvalue weighted by molar-refractivity contribution is -0.127. The van der Waals surface area contributed by atoms with Gasteiger partial charge in [-0.2, -0.15) is 0 Å². The van der Waals surface area contributed by atoms with Crippen molar-refractivity contribution in [1.82, 2.24) is 0 Å². The number of carbonyl (C=O) groups is 1. The monoisotopic (exact) mass is 323 g/mol. The highest BCUT2D eigenvalue weighted by atomic mass is 35.5. The molecule has 0 unspecified atom stereocenters. The van der Waals surface area contributed by atoms with Gasteiger partial charge in [0.25, 0.3) is 0 Å². The molecule has 1 aromatic rings. The minimum Gasteiger partial charge on any atom is -0.309 e. The van der Waals surface area contributed by atoms with Crippen molar-refractivity contribution in [2.75, 3.05) is 4.90 Å². The van der Waals surface area contributed by atoms with Gasteiger partial charge in [-0.25, -0.2) is 0 Å². The van der Waals surface area contributed by atoms with Crippen LogP contribution in [0.5, 0.6) is 0 Å². The minimum absolute atomic E-state index is 0.198. The molecule has 3 heteroatoms. The standard InChI is InChI=1S/C19H30ClNO/c1-6-10-16(11-7-2)21(18(22)19(4,5)8-3)17-13-9-12-15(20)14-17/h9,12-14,16H,6-8,10-11H2,1-5H3.